The van der Waals surface area contributed by atoms with Gasteiger partial charge >= 0.3 is 0 Å². The second-order valence-corrected chi connectivity index (χ2v) is 8.70. The lowest BCUT2D eigenvalue weighted by molar-refractivity contribution is 0.465. The van der Waals surface area contributed by atoms with Crippen LogP contribution in [0.5, 0.6) is 0 Å². The molecular weight excluding hydrogens is 377 g/mol. The molecule has 0 aromatic heterocycles. The van der Waals surface area contributed by atoms with Crippen molar-refractivity contribution in [1.82, 2.24) is 15.6 Å². The highest BCUT2D eigenvalue weighted by molar-refractivity contribution is 7.88. The van der Waals surface area contributed by atoms with Gasteiger partial charge < -0.3 is 0 Å². The quantitative estimate of drug-likeness (QED) is 0.701. The lowest BCUT2D eigenvalue weighted by Gasteiger charge is -2.19. The third kappa shape index (κ3) is 4.61. The fraction of sp³-hybridized carbons (Fsp3) is 0.333. The smallest absolute Gasteiger partial charge is 0.215 e. The van der Waals surface area contributed by atoms with Gasteiger partial charge in [-0.15, -0.1) is 0 Å². The summed E-state index contributed by atoms with van der Waals surface area (Å²) in [6.07, 6.45) is 0. The Morgan fingerprint density at radius 1 is 1.23 bits per heavy atom. The number of aryl methyl sites for hydroxylation is 1. The average Bonchev–Trinajstić information content (AvgIpc) is 3.06. The molecule has 3 rings (SSSR count). The molecule has 0 aliphatic carbocycles. The van der Waals surface area contributed by atoms with Crippen molar-refractivity contribution < 1.29 is 12.8 Å². The van der Waals surface area contributed by atoms with Crippen LogP contribution in [0.2, 0.25) is 5.02 Å². The van der Waals surface area contributed by atoms with Crippen LogP contribution >= 0.6 is 11.6 Å². The number of rotatable bonds is 6. The molecule has 5 nitrogen and oxygen atoms in total. The maximum atomic E-state index is 13.8. The SMILES string of the molecule is Cc1ccc(C2NNCC2CNS(=O)(=O)Cc2c(F)cccc2Cl)cc1. The monoisotopic (exact) mass is 397 g/mol. The van der Waals surface area contributed by atoms with Gasteiger partial charge in [-0.1, -0.05) is 47.5 Å². The summed E-state index contributed by atoms with van der Waals surface area (Å²) in [6, 6.07) is 12.2. The van der Waals surface area contributed by atoms with Crippen LogP contribution in [0.3, 0.4) is 0 Å². The van der Waals surface area contributed by atoms with Crippen molar-refractivity contribution in [2.75, 3.05) is 13.1 Å². The van der Waals surface area contributed by atoms with Gasteiger partial charge in [0.25, 0.3) is 0 Å². The van der Waals surface area contributed by atoms with Gasteiger partial charge in [0.15, 0.2) is 0 Å². The molecule has 1 fully saturated rings. The van der Waals surface area contributed by atoms with Gasteiger partial charge in [-0.2, -0.15) is 0 Å². The van der Waals surface area contributed by atoms with Crippen molar-refractivity contribution in [3.05, 3.63) is 70.0 Å². The van der Waals surface area contributed by atoms with E-state index in [0.717, 1.165) is 5.56 Å². The first-order valence-electron chi connectivity index (χ1n) is 8.31. The van der Waals surface area contributed by atoms with E-state index in [2.05, 4.69) is 15.6 Å². The molecule has 0 spiro atoms. The number of sulfonamides is 1. The molecule has 2 unspecified atom stereocenters. The largest absolute Gasteiger partial charge is 0.257 e. The Balaban J connectivity index is 1.66. The zero-order valence-electron chi connectivity index (χ0n) is 14.3. The molecule has 1 heterocycles. The topological polar surface area (TPSA) is 70.2 Å². The van der Waals surface area contributed by atoms with E-state index in [0.29, 0.717) is 6.54 Å². The lowest BCUT2D eigenvalue weighted by atomic mass is 9.94. The fourth-order valence-corrected chi connectivity index (χ4v) is 4.55. The zero-order chi connectivity index (χ0) is 18.7. The van der Waals surface area contributed by atoms with Crippen LogP contribution in [0.4, 0.5) is 4.39 Å². The van der Waals surface area contributed by atoms with Gasteiger partial charge in [0.05, 0.1) is 11.8 Å². The Bertz CT molecular complexity index is 854. The molecule has 8 heteroatoms. The number of hydrazine groups is 1. The Morgan fingerprint density at radius 2 is 1.96 bits per heavy atom. The van der Waals surface area contributed by atoms with Crippen LogP contribution in [0.25, 0.3) is 0 Å². The first-order valence-corrected chi connectivity index (χ1v) is 10.3. The van der Waals surface area contributed by atoms with E-state index in [1.54, 1.807) is 0 Å². The normalized spacial score (nSPS) is 20.4. The minimum absolute atomic E-state index is 0.00431. The maximum Gasteiger partial charge on any atom is 0.215 e. The second kappa shape index (κ2) is 8.02. The summed E-state index contributed by atoms with van der Waals surface area (Å²) in [5.41, 5.74) is 8.49. The molecule has 140 valence electrons. The Kier molecular flexibility index (Phi) is 5.94. The molecule has 0 amide bonds. The minimum Gasteiger partial charge on any atom is -0.257 e. The summed E-state index contributed by atoms with van der Waals surface area (Å²) in [7, 11) is -3.71. The highest BCUT2D eigenvalue weighted by atomic mass is 35.5. The summed E-state index contributed by atoms with van der Waals surface area (Å²) in [4.78, 5) is 0. The molecule has 0 bridgehead atoms. The first-order chi connectivity index (χ1) is 12.4. The molecule has 3 N–H and O–H groups in total. The van der Waals surface area contributed by atoms with Crippen LogP contribution in [0.15, 0.2) is 42.5 Å². The Hall–Kier alpha value is -1.51. The highest BCUT2D eigenvalue weighted by Gasteiger charge is 2.29. The van der Waals surface area contributed by atoms with Gasteiger partial charge in [-0.05, 0) is 24.6 Å². The molecule has 1 aliphatic rings. The lowest BCUT2D eigenvalue weighted by Crippen LogP contribution is -2.33. The molecular formula is C18H21ClFN3O2S. The molecule has 2 atom stereocenters. The summed E-state index contributed by atoms with van der Waals surface area (Å²) in [6.45, 7) is 2.89. The molecule has 0 radical (unpaired) electrons. The summed E-state index contributed by atoms with van der Waals surface area (Å²) in [5.74, 6) is -1.07. The fourth-order valence-electron chi connectivity index (χ4n) is 3.00. The van der Waals surface area contributed by atoms with E-state index in [9.17, 15) is 12.8 Å². The number of halogens is 2. The predicted octanol–water partition coefficient (Wildman–Crippen LogP) is 2.67. The van der Waals surface area contributed by atoms with Crippen LogP contribution in [0, 0.1) is 18.7 Å². The van der Waals surface area contributed by atoms with Crippen molar-refractivity contribution in [2.45, 2.75) is 18.7 Å². The van der Waals surface area contributed by atoms with Crippen molar-refractivity contribution in [3.8, 4) is 0 Å². The van der Waals surface area contributed by atoms with E-state index < -0.39 is 21.6 Å². The van der Waals surface area contributed by atoms with E-state index in [1.807, 2.05) is 31.2 Å². The molecule has 0 saturated carbocycles. The van der Waals surface area contributed by atoms with E-state index in [4.69, 9.17) is 11.6 Å². The van der Waals surface area contributed by atoms with Crippen molar-refractivity contribution in [3.63, 3.8) is 0 Å². The molecule has 2 aromatic rings. The van der Waals surface area contributed by atoms with Crippen molar-refractivity contribution in [1.29, 1.82) is 0 Å². The number of nitrogens with one attached hydrogen (secondary N) is 3. The van der Waals surface area contributed by atoms with E-state index in [1.165, 1.54) is 23.8 Å². The Morgan fingerprint density at radius 3 is 2.65 bits per heavy atom. The van der Waals surface area contributed by atoms with E-state index in [-0.39, 0.29) is 29.1 Å². The number of hydrogen-bond acceptors (Lipinski definition) is 4. The van der Waals surface area contributed by atoms with Gasteiger partial charge in [-0.25, -0.2) is 23.0 Å². The first kappa shape index (κ1) is 19.3. The average molecular weight is 398 g/mol. The van der Waals surface area contributed by atoms with Gasteiger partial charge in [0.2, 0.25) is 10.0 Å². The summed E-state index contributed by atoms with van der Waals surface area (Å²) >= 11 is 5.93. The zero-order valence-corrected chi connectivity index (χ0v) is 15.9. The van der Waals surface area contributed by atoms with Crippen LogP contribution in [0.1, 0.15) is 22.7 Å². The van der Waals surface area contributed by atoms with Crippen LogP contribution in [-0.4, -0.2) is 21.5 Å². The standard InChI is InChI=1S/C18H21ClFN3O2S/c1-12-5-7-13(8-6-12)18-14(9-21-23-18)10-22-26(24,25)11-15-16(19)3-2-4-17(15)20/h2-8,14,18,21-23H,9-11H2,1H3. The maximum absolute atomic E-state index is 13.8. The summed E-state index contributed by atoms with van der Waals surface area (Å²) in [5, 5.41) is 0.108. The van der Waals surface area contributed by atoms with Gasteiger partial charge in [-0.3, -0.25) is 5.43 Å². The number of hydrogen-bond donors (Lipinski definition) is 3. The molecule has 1 saturated heterocycles. The Labute approximate surface area is 158 Å². The van der Waals surface area contributed by atoms with Crippen molar-refractivity contribution in [2.24, 2.45) is 5.92 Å². The minimum atomic E-state index is -3.71. The van der Waals surface area contributed by atoms with Crippen LogP contribution in [-0.2, 0) is 15.8 Å². The van der Waals surface area contributed by atoms with Gasteiger partial charge in [0.1, 0.15) is 5.82 Å². The third-order valence-electron chi connectivity index (χ3n) is 4.49. The highest BCUT2D eigenvalue weighted by Crippen LogP contribution is 2.25. The molecule has 26 heavy (non-hydrogen) atoms. The van der Waals surface area contributed by atoms with E-state index >= 15 is 0 Å². The van der Waals surface area contributed by atoms with Crippen LogP contribution < -0.4 is 15.6 Å². The number of benzene rings is 2. The van der Waals surface area contributed by atoms with Gasteiger partial charge in [0, 0.05) is 29.6 Å². The molecule has 2 aromatic carbocycles. The van der Waals surface area contributed by atoms with Crippen molar-refractivity contribution >= 4 is 21.6 Å². The molecule has 1 aliphatic heterocycles. The predicted molar refractivity (Wildman–Crippen MR) is 101 cm³/mol. The second-order valence-electron chi connectivity index (χ2n) is 6.48. The third-order valence-corrected chi connectivity index (χ3v) is 6.12. The summed E-state index contributed by atoms with van der Waals surface area (Å²) < 4.78 is 41.2.